The molecule has 2 heterocycles. The second-order valence-electron chi connectivity index (χ2n) is 7.81. The lowest BCUT2D eigenvalue weighted by Crippen LogP contribution is -2.46. The van der Waals surface area contributed by atoms with Crippen LogP contribution in [0.3, 0.4) is 0 Å². The van der Waals surface area contributed by atoms with E-state index in [1.807, 2.05) is 30.3 Å². The van der Waals surface area contributed by atoms with Crippen molar-refractivity contribution in [2.24, 2.45) is 0 Å². The number of carbonyl (C=O) groups is 2. The van der Waals surface area contributed by atoms with Crippen LogP contribution in [0.15, 0.2) is 36.4 Å². The third-order valence-electron chi connectivity index (χ3n) is 5.57. The van der Waals surface area contributed by atoms with E-state index in [4.69, 9.17) is 4.74 Å². The molecule has 5 nitrogen and oxygen atoms in total. The molecule has 2 aliphatic heterocycles. The van der Waals surface area contributed by atoms with E-state index in [2.05, 4.69) is 5.32 Å². The number of carbonyl (C=O) groups excluding carboxylic acids is 2. The molecular formula is C22H27F3N2O3. The number of benzene rings is 1. The molecule has 1 aromatic rings. The molecule has 2 fully saturated rings. The molecule has 0 saturated carbocycles. The summed E-state index contributed by atoms with van der Waals surface area (Å²) < 4.78 is 43.0. The summed E-state index contributed by atoms with van der Waals surface area (Å²) in [5.41, 5.74) is 0.945. The van der Waals surface area contributed by atoms with Crippen molar-refractivity contribution in [2.75, 3.05) is 13.1 Å². The lowest BCUT2D eigenvalue weighted by atomic mass is 10.0. The van der Waals surface area contributed by atoms with E-state index in [9.17, 15) is 22.8 Å². The Morgan fingerprint density at radius 2 is 1.80 bits per heavy atom. The summed E-state index contributed by atoms with van der Waals surface area (Å²) in [4.78, 5) is 26.2. The molecule has 0 radical (unpaired) electrons. The molecule has 0 bridgehead atoms. The first kappa shape index (κ1) is 22.3. The van der Waals surface area contributed by atoms with E-state index in [1.54, 1.807) is 11.0 Å². The van der Waals surface area contributed by atoms with Crippen LogP contribution in [0.5, 0.6) is 0 Å². The number of nitrogens with one attached hydrogen (secondary N) is 1. The third kappa shape index (κ3) is 6.58. The minimum Gasteiger partial charge on any atom is -0.366 e. The zero-order valence-corrected chi connectivity index (χ0v) is 16.7. The van der Waals surface area contributed by atoms with Crippen molar-refractivity contribution >= 4 is 17.9 Å². The van der Waals surface area contributed by atoms with Crippen LogP contribution < -0.4 is 5.32 Å². The first-order valence-corrected chi connectivity index (χ1v) is 10.3. The number of amides is 2. The van der Waals surface area contributed by atoms with E-state index in [1.165, 1.54) is 6.08 Å². The van der Waals surface area contributed by atoms with Gasteiger partial charge in [-0.1, -0.05) is 30.3 Å². The van der Waals surface area contributed by atoms with E-state index in [-0.39, 0.29) is 30.7 Å². The van der Waals surface area contributed by atoms with Gasteiger partial charge in [-0.3, -0.25) is 9.59 Å². The molecule has 1 aromatic carbocycles. The van der Waals surface area contributed by atoms with Gasteiger partial charge in [-0.25, -0.2) is 0 Å². The molecule has 0 aromatic heterocycles. The average Bonchev–Trinajstić information content (AvgIpc) is 3.21. The standard InChI is InChI=1S/C22H27F3N2O3/c23-22(24,25)19-9-7-18(30-19)8-11-21(29)27-14-12-17(13-15-27)26-20(28)10-6-16-4-2-1-3-5-16/h1-6,10,17-19H,7-9,11-15H2,(H,26,28)/b10-6+/t18-,19+/m1/s1. The Labute approximate surface area is 174 Å². The van der Waals surface area contributed by atoms with Crippen molar-refractivity contribution in [3.8, 4) is 0 Å². The second kappa shape index (κ2) is 10.1. The average molecular weight is 424 g/mol. The maximum Gasteiger partial charge on any atom is 0.414 e. The fourth-order valence-electron chi connectivity index (χ4n) is 3.86. The van der Waals surface area contributed by atoms with Crippen molar-refractivity contribution < 1.29 is 27.5 Å². The fourth-order valence-corrected chi connectivity index (χ4v) is 3.86. The maximum absolute atomic E-state index is 12.7. The molecule has 0 aliphatic carbocycles. The molecule has 0 spiro atoms. The Hall–Kier alpha value is -2.35. The van der Waals surface area contributed by atoms with E-state index >= 15 is 0 Å². The number of rotatable bonds is 6. The minimum absolute atomic E-state index is 0.00711. The highest BCUT2D eigenvalue weighted by Crippen LogP contribution is 2.34. The van der Waals surface area contributed by atoms with Crippen LogP contribution >= 0.6 is 0 Å². The minimum atomic E-state index is -4.33. The number of alkyl halides is 3. The molecule has 2 atom stereocenters. The topological polar surface area (TPSA) is 58.6 Å². The highest BCUT2D eigenvalue weighted by atomic mass is 19.4. The number of hydrogen-bond acceptors (Lipinski definition) is 3. The molecule has 30 heavy (non-hydrogen) atoms. The van der Waals surface area contributed by atoms with Crippen LogP contribution in [-0.4, -0.2) is 54.2 Å². The van der Waals surface area contributed by atoms with Gasteiger partial charge < -0.3 is 15.0 Å². The first-order valence-electron chi connectivity index (χ1n) is 10.3. The Morgan fingerprint density at radius 1 is 1.10 bits per heavy atom. The zero-order chi connectivity index (χ0) is 21.6. The van der Waals surface area contributed by atoms with Crippen LogP contribution in [0.25, 0.3) is 6.08 Å². The lowest BCUT2D eigenvalue weighted by Gasteiger charge is -2.32. The number of likely N-dealkylation sites (tertiary alicyclic amines) is 1. The van der Waals surface area contributed by atoms with Gasteiger partial charge in [0.25, 0.3) is 0 Å². The number of ether oxygens (including phenoxy) is 1. The van der Waals surface area contributed by atoms with Gasteiger partial charge in [0.15, 0.2) is 6.10 Å². The Bertz CT molecular complexity index is 744. The summed E-state index contributed by atoms with van der Waals surface area (Å²) in [6.45, 7) is 1.06. The predicted molar refractivity (Wildman–Crippen MR) is 106 cm³/mol. The van der Waals surface area contributed by atoms with Gasteiger partial charge in [-0.15, -0.1) is 0 Å². The molecule has 1 N–H and O–H groups in total. The van der Waals surface area contributed by atoms with Crippen molar-refractivity contribution in [1.29, 1.82) is 0 Å². The molecular weight excluding hydrogens is 397 g/mol. The first-order chi connectivity index (χ1) is 14.3. The molecule has 0 unspecified atom stereocenters. The van der Waals surface area contributed by atoms with Crippen molar-refractivity contribution in [3.05, 3.63) is 42.0 Å². The number of piperidine rings is 1. The van der Waals surface area contributed by atoms with E-state index < -0.39 is 18.4 Å². The fraction of sp³-hybridized carbons (Fsp3) is 0.545. The Balaban J connectivity index is 1.34. The molecule has 2 aliphatic rings. The highest BCUT2D eigenvalue weighted by Gasteiger charge is 2.45. The summed E-state index contributed by atoms with van der Waals surface area (Å²) >= 11 is 0. The van der Waals surface area contributed by atoms with E-state index in [0.29, 0.717) is 38.8 Å². The predicted octanol–water partition coefficient (Wildman–Crippen LogP) is 3.70. The number of halogens is 3. The van der Waals surface area contributed by atoms with Crippen molar-refractivity contribution in [3.63, 3.8) is 0 Å². The second-order valence-corrected chi connectivity index (χ2v) is 7.81. The normalized spacial score (nSPS) is 23.1. The zero-order valence-electron chi connectivity index (χ0n) is 16.7. The van der Waals surface area contributed by atoms with Gasteiger partial charge in [0.1, 0.15) is 0 Å². The largest absolute Gasteiger partial charge is 0.414 e. The SMILES string of the molecule is O=C(/C=C/c1ccccc1)NC1CCN(C(=O)CC[C@H]2CC[C@@H](C(F)(F)F)O2)CC1. The molecule has 164 valence electrons. The monoisotopic (exact) mass is 424 g/mol. The summed E-state index contributed by atoms with van der Waals surface area (Å²) in [5.74, 6) is -0.232. The number of nitrogens with zero attached hydrogens (tertiary/aromatic N) is 1. The van der Waals surface area contributed by atoms with Gasteiger partial charge >= 0.3 is 6.18 Å². The van der Waals surface area contributed by atoms with Gasteiger partial charge in [-0.2, -0.15) is 13.2 Å². The van der Waals surface area contributed by atoms with Crippen LogP contribution in [0, 0.1) is 0 Å². The van der Waals surface area contributed by atoms with Gasteiger partial charge in [0, 0.05) is 31.6 Å². The van der Waals surface area contributed by atoms with Crippen LogP contribution in [0.1, 0.15) is 44.1 Å². The maximum atomic E-state index is 12.7. The highest BCUT2D eigenvalue weighted by molar-refractivity contribution is 5.91. The lowest BCUT2D eigenvalue weighted by molar-refractivity contribution is -0.215. The molecule has 2 amide bonds. The smallest absolute Gasteiger partial charge is 0.366 e. The van der Waals surface area contributed by atoms with E-state index in [0.717, 1.165) is 5.56 Å². The van der Waals surface area contributed by atoms with Gasteiger partial charge in [0.2, 0.25) is 11.8 Å². The third-order valence-corrected chi connectivity index (χ3v) is 5.57. The summed E-state index contributed by atoms with van der Waals surface area (Å²) in [5, 5.41) is 2.95. The van der Waals surface area contributed by atoms with Crippen LogP contribution in [0.4, 0.5) is 13.2 Å². The van der Waals surface area contributed by atoms with Gasteiger partial charge in [0.05, 0.1) is 6.10 Å². The molecule has 8 heteroatoms. The van der Waals surface area contributed by atoms with Crippen LogP contribution in [0.2, 0.25) is 0 Å². The molecule has 3 rings (SSSR count). The Kier molecular flexibility index (Phi) is 7.53. The summed E-state index contributed by atoms with van der Waals surface area (Å²) in [7, 11) is 0. The molecule has 2 saturated heterocycles. The quantitative estimate of drug-likeness (QED) is 0.709. The summed E-state index contributed by atoms with van der Waals surface area (Å²) in [6.07, 6.45) is -1.17. The Morgan fingerprint density at radius 3 is 2.43 bits per heavy atom. The van der Waals surface area contributed by atoms with Gasteiger partial charge in [-0.05, 0) is 43.7 Å². The summed E-state index contributed by atoms with van der Waals surface area (Å²) in [6, 6.07) is 9.54. The number of hydrogen-bond donors (Lipinski definition) is 1. The van der Waals surface area contributed by atoms with Crippen molar-refractivity contribution in [2.45, 2.75) is 63.0 Å². The van der Waals surface area contributed by atoms with Crippen molar-refractivity contribution in [1.82, 2.24) is 10.2 Å². The van der Waals surface area contributed by atoms with Crippen LogP contribution in [-0.2, 0) is 14.3 Å².